The fraction of sp³-hybridized carbons (Fsp3) is 0.462. The molecule has 17 heavy (non-hydrogen) atoms. The number of hydrogen-bond acceptors (Lipinski definition) is 3. The summed E-state index contributed by atoms with van der Waals surface area (Å²) in [5, 5.41) is 0. The average molecular weight is 252 g/mol. The maximum atomic E-state index is 5.78. The molecule has 1 aromatic carbocycles. The van der Waals surface area contributed by atoms with E-state index in [-0.39, 0.29) is 0 Å². The number of aryl methyl sites for hydroxylation is 1. The van der Waals surface area contributed by atoms with Crippen LogP contribution in [0.5, 0.6) is 0 Å². The van der Waals surface area contributed by atoms with Crippen LogP contribution < -0.4 is 10.6 Å². The third-order valence-corrected chi connectivity index (χ3v) is 2.93. The molecule has 4 heteroatoms. The van der Waals surface area contributed by atoms with Crippen molar-refractivity contribution in [2.24, 2.45) is 5.73 Å². The number of anilines is 1. The highest BCUT2D eigenvalue weighted by Gasteiger charge is 2.11. The number of nitrogens with zero attached hydrogens (tertiary/aromatic N) is 1. The van der Waals surface area contributed by atoms with Gasteiger partial charge in [0.1, 0.15) is 4.99 Å². The van der Waals surface area contributed by atoms with Gasteiger partial charge in [-0.2, -0.15) is 0 Å². The lowest BCUT2D eigenvalue weighted by Crippen LogP contribution is -2.29. The molecular formula is C13H20N2OS. The van der Waals surface area contributed by atoms with Gasteiger partial charge in [0.2, 0.25) is 0 Å². The van der Waals surface area contributed by atoms with Crippen LogP contribution in [0.3, 0.4) is 0 Å². The molecular weight excluding hydrogens is 232 g/mol. The lowest BCUT2D eigenvalue weighted by Gasteiger charge is -2.25. The summed E-state index contributed by atoms with van der Waals surface area (Å²) < 4.78 is 5.11. The van der Waals surface area contributed by atoms with Gasteiger partial charge in [-0.3, -0.25) is 0 Å². The number of hydrogen-bond donors (Lipinski definition) is 1. The molecule has 0 atom stereocenters. The molecule has 0 saturated heterocycles. The van der Waals surface area contributed by atoms with Crippen molar-refractivity contribution >= 4 is 22.9 Å². The van der Waals surface area contributed by atoms with Crippen LogP contribution in [0.2, 0.25) is 0 Å². The lowest BCUT2D eigenvalue weighted by atomic mass is 10.1. The lowest BCUT2D eigenvalue weighted by molar-refractivity contribution is 0.205. The molecule has 0 saturated carbocycles. The van der Waals surface area contributed by atoms with E-state index >= 15 is 0 Å². The quantitative estimate of drug-likeness (QED) is 0.787. The summed E-state index contributed by atoms with van der Waals surface area (Å²) in [7, 11) is 1.71. The number of methoxy groups -OCH3 is 1. The van der Waals surface area contributed by atoms with E-state index in [1.165, 1.54) is 5.56 Å². The summed E-state index contributed by atoms with van der Waals surface area (Å²) in [6.07, 6.45) is 0. The molecule has 1 rings (SSSR count). The Hall–Kier alpha value is -1.13. The van der Waals surface area contributed by atoms with Crippen LogP contribution in [0.15, 0.2) is 18.2 Å². The molecule has 0 aromatic heterocycles. The summed E-state index contributed by atoms with van der Waals surface area (Å²) in [6.45, 7) is 6.59. The Kier molecular flexibility index (Phi) is 5.38. The molecule has 0 fully saturated rings. The van der Waals surface area contributed by atoms with E-state index in [0.717, 1.165) is 24.3 Å². The predicted octanol–water partition coefficient (Wildman–Crippen LogP) is 2.10. The Morgan fingerprint density at radius 3 is 2.71 bits per heavy atom. The second kappa shape index (κ2) is 6.57. The molecule has 94 valence electrons. The van der Waals surface area contributed by atoms with Gasteiger partial charge in [0.05, 0.1) is 6.61 Å². The Morgan fingerprint density at radius 1 is 1.47 bits per heavy atom. The van der Waals surface area contributed by atoms with Crippen LogP contribution >= 0.6 is 12.2 Å². The third-order valence-electron chi connectivity index (χ3n) is 2.71. The zero-order valence-electron chi connectivity index (χ0n) is 10.7. The van der Waals surface area contributed by atoms with Gasteiger partial charge in [0.25, 0.3) is 0 Å². The van der Waals surface area contributed by atoms with E-state index in [1.807, 2.05) is 13.0 Å². The minimum absolute atomic E-state index is 0.444. The van der Waals surface area contributed by atoms with Crippen molar-refractivity contribution in [3.63, 3.8) is 0 Å². The molecule has 0 spiro atoms. The smallest absolute Gasteiger partial charge is 0.106 e. The normalized spacial score (nSPS) is 10.3. The zero-order chi connectivity index (χ0) is 12.8. The van der Waals surface area contributed by atoms with Gasteiger partial charge < -0.3 is 15.4 Å². The summed E-state index contributed by atoms with van der Waals surface area (Å²) in [5.41, 5.74) is 8.97. The SMILES string of the molecule is CCN(CCOC)c1ccc(C)cc1C(N)=S. The Morgan fingerprint density at radius 2 is 2.18 bits per heavy atom. The fourth-order valence-corrected chi connectivity index (χ4v) is 1.94. The van der Waals surface area contributed by atoms with Crippen molar-refractivity contribution in [2.75, 3.05) is 31.7 Å². The monoisotopic (exact) mass is 252 g/mol. The summed E-state index contributed by atoms with van der Waals surface area (Å²) in [5.74, 6) is 0. The molecule has 0 heterocycles. The highest BCUT2D eigenvalue weighted by Crippen LogP contribution is 2.21. The van der Waals surface area contributed by atoms with E-state index in [4.69, 9.17) is 22.7 Å². The van der Waals surface area contributed by atoms with Crippen molar-refractivity contribution in [1.82, 2.24) is 0 Å². The van der Waals surface area contributed by atoms with Crippen molar-refractivity contribution in [2.45, 2.75) is 13.8 Å². The van der Waals surface area contributed by atoms with Crippen LogP contribution in [0.25, 0.3) is 0 Å². The number of likely N-dealkylation sites (N-methyl/N-ethyl adjacent to an activating group) is 1. The fourth-order valence-electron chi connectivity index (χ4n) is 1.77. The molecule has 3 nitrogen and oxygen atoms in total. The van der Waals surface area contributed by atoms with Gasteiger partial charge in [-0.05, 0) is 26.0 Å². The molecule has 2 N–H and O–H groups in total. The van der Waals surface area contributed by atoms with Gasteiger partial charge in [0.15, 0.2) is 0 Å². The largest absolute Gasteiger partial charge is 0.389 e. The first-order chi connectivity index (χ1) is 8.10. The summed E-state index contributed by atoms with van der Waals surface area (Å²) >= 11 is 5.11. The van der Waals surface area contributed by atoms with Crippen LogP contribution in [-0.2, 0) is 4.74 Å². The minimum Gasteiger partial charge on any atom is -0.389 e. The van der Waals surface area contributed by atoms with Crippen molar-refractivity contribution < 1.29 is 4.74 Å². The van der Waals surface area contributed by atoms with Crippen LogP contribution in [-0.4, -0.2) is 31.8 Å². The zero-order valence-corrected chi connectivity index (χ0v) is 11.5. The molecule has 0 amide bonds. The molecule has 0 unspecified atom stereocenters. The summed E-state index contributed by atoms with van der Waals surface area (Å²) in [4.78, 5) is 2.66. The first kappa shape index (κ1) is 13.9. The van der Waals surface area contributed by atoms with Crippen LogP contribution in [0.1, 0.15) is 18.1 Å². The van der Waals surface area contributed by atoms with Gasteiger partial charge in [-0.1, -0.05) is 23.8 Å². The van der Waals surface area contributed by atoms with Crippen molar-refractivity contribution in [1.29, 1.82) is 0 Å². The van der Waals surface area contributed by atoms with E-state index < -0.39 is 0 Å². The number of rotatable bonds is 6. The highest BCUT2D eigenvalue weighted by molar-refractivity contribution is 7.80. The van der Waals surface area contributed by atoms with E-state index in [2.05, 4.69) is 24.0 Å². The van der Waals surface area contributed by atoms with Gasteiger partial charge in [-0.15, -0.1) is 0 Å². The van der Waals surface area contributed by atoms with E-state index in [0.29, 0.717) is 11.6 Å². The molecule has 0 aliphatic rings. The highest BCUT2D eigenvalue weighted by atomic mass is 32.1. The number of nitrogens with two attached hydrogens (primary N) is 1. The van der Waals surface area contributed by atoms with Crippen molar-refractivity contribution in [3.8, 4) is 0 Å². The average Bonchev–Trinajstić information content (AvgIpc) is 2.31. The second-order valence-electron chi connectivity index (χ2n) is 3.96. The van der Waals surface area contributed by atoms with Gasteiger partial charge >= 0.3 is 0 Å². The van der Waals surface area contributed by atoms with Crippen molar-refractivity contribution in [3.05, 3.63) is 29.3 Å². The maximum absolute atomic E-state index is 5.78. The third kappa shape index (κ3) is 3.68. The Bertz CT molecular complexity index is 393. The Labute approximate surface area is 109 Å². The van der Waals surface area contributed by atoms with E-state index in [9.17, 15) is 0 Å². The molecule has 0 radical (unpaired) electrons. The van der Waals surface area contributed by atoms with E-state index in [1.54, 1.807) is 7.11 Å². The summed E-state index contributed by atoms with van der Waals surface area (Å²) in [6, 6.07) is 6.18. The standard InChI is InChI=1S/C13H20N2OS/c1-4-15(7-8-16-3)12-6-5-10(2)9-11(12)13(14)17/h5-6,9H,4,7-8H2,1-3H3,(H2,14,17). The number of thiocarbonyl (C=S) groups is 1. The van der Waals surface area contributed by atoms with Gasteiger partial charge in [0, 0.05) is 31.5 Å². The van der Waals surface area contributed by atoms with Crippen LogP contribution in [0, 0.1) is 6.92 Å². The first-order valence-corrected chi connectivity index (χ1v) is 6.15. The first-order valence-electron chi connectivity index (χ1n) is 5.74. The van der Waals surface area contributed by atoms with Gasteiger partial charge in [-0.25, -0.2) is 0 Å². The molecule has 1 aromatic rings. The molecule has 0 aliphatic carbocycles. The minimum atomic E-state index is 0.444. The predicted molar refractivity (Wildman–Crippen MR) is 76.8 cm³/mol. The number of ether oxygens (including phenoxy) is 1. The molecule has 0 bridgehead atoms. The topological polar surface area (TPSA) is 38.5 Å². The maximum Gasteiger partial charge on any atom is 0.106 e. The van der Waals surface area contributed by atoms with Crippen LogP contribution in [0.4, 0.5) is 5.69 Å². The molecule has 0 aliphatic heterocycles. The number of benzene rings is 1. The second-order valence-corrected chi connectivity index (χ2v) is 4.40. The Balaban J connectivity index is 3.05.